The molecule has 0 radical (unpaired) electrons. The molecule has 0 atom stereocenters. The summed E-state index contributed by atoms with van der Waals surface area (Å²) in [5.41, 5.74) is 0. The van der Waals surface area contributed by atoms with Crippen molar-refractivity contribution in [2.45, 2.75) is 13.0 Å². The van der Waals surface area contributed by atoms with E-state index in [1.807, 2.05) is 0 Å². The second kappa shape index (κ2) is 8.82. The van der Waals surface area contributed by atoms with Gasteiger partial charge in [0.25, 0.3) is 0 Å². The van der Waals surface area contributed by atoms with E-state index >= 15 is 0 Å². The van der Waals surface area contributed by atoms with Crippen molar-refractivity contribution < 1.29 is 0 Å². The van der Waals surface area contributed by atoms with E-state index in [1.54, 1.807) is 0 Å². The summed E-state index contributed by atoms with van der Waals surface area (Å²) in [6.07, 6.45) is 0. The van der Waals surface area contributed by atoms with Gasteiger partial charge in [0.1, 0.15) is 0 Å². The number of nitrogens with two attached hydrogens (primary N) is 1. The summed E-state index contributed by atoms with van der Waals surface area (Å²) in [5, 5.41) is 5.17. The molecular weight excluding hydrogens is 102 g/mol. The third-order valence-electron chi connectivity index (χ3n) is 0.289. The summed E-state index contributed by atoms with van der Waals surface area (Å²) < 4.78 is 0. The Bertz CT molecular complexity index is 11.6. The van der Waals surface area contributed by atoms with Crippen molar-refractivity contribution in [3.8, 4) is 0 Å². The molecule has 0 unspecified atom stereocenters. The van der Waals surface area contributed by atoms with Gasteiger partial charge in [0.15, 0.2) is 0 Å². The number of hydrogen-bond donors (Lipinski definition) is 1. The van der Waals surface area contributed by atoms with E-state index < -0.39 is 0 Å². The molecule has 0 aromatic rings. The molecule has 0 rings (SSSR count). The van der Waals surface area contributed by atoms with Crippen LogP contribution in [0.3, 0.4) is 0 Å². The molecule has 0 heterocycles. The van der Waals surface area contributed by atoms with Gasteiger partial charge in [-0.15, -0.1) is 12.4 Å². The molecule has 3 heteroatoms. The predicted molar refractivity (Wildman–Crippen MR) is 30.5 cm³/mol. The van der Waals surface area contributed by atoms with Gasteiger partial charge in [0.05, 0.1) is 9.68 Å². The van der Waals surface area contributed by atoms with Crippen LogP contribution < -0.4 is 5.40 Å². The summed E-state index contributed by atoms with van der Waals surface area (Å²) in [7, 11) is -0.0756. The highest BCUT2D eigenvalue weighted by Gasteiger charge is 1.58. The van der Waals surface area contributed by atoms with Crippen molar-refractivity contribution in [2.75, 3.05) is 0 Å². The highest BCUT2D eigenvalue weighted by atomic mass is 35.5. The summed E-state index contributed by atoms with van der Waals surface area (Å²) >= 11 is 0. The molecule has 0 aromatic heterocycles. The standard InChI is InChI=1S/C2H9NSi.ClH/c1-2-4-3;/h2-4H2,1H3;1H. The fourth-order valence-electron chi connectivity index (χ4n) is 0. The van der Waals surface area contributed by atoms with Crippen molar-refractivity contribution in [1.29, 1.82) is 0 Å². The lowest BCUT2D eigenvalue weighted by atomic mass is 11.0. The Labute approximate surface area is 41.3 Å². The van der Waals surface area contributed by atoms with E-state index in [2.05, 4.69) is 6.92 Å². The Morgan fingerprint density at radius 3 is 2.00 bits per heavy atom. The minimum atomic E-state index is -0.0756. The zero-order valence-corrected chi connectivity index (χ0v) is 5.63. The average Bonchev–Trinajstić information content (AvgIpc) is 1.37. The van der Waals surface area contributed by atoms with Crippen LogP contribution in [0.4, 0.5) is 0 Å². The molecule has 5 heavy (non-hydrogen) atoms. The molecule has 1 nitrogen and oxygen atoms in total. The van der Waals surface area contributed by atoms with Crippen LogP contribution in [0.2, 0.25) is 6.04 Å². The maximum atomic E-state index is 5.17. The first-order chi connectivity index (χ1) is 1.91. The second-order valence-electron chi connectivity index (χ2n) is 0.789. The molecular formula is C2H10ClNSi. The lowest BCUT2D eigenvalue weighted by Crippen LogP contribution is -1.99. The van der Waals surface area contributed by atoms with Crippen LogP contribution in [0.25, 0.3) is 0 Å². The van der Waals surface area contributed by atoms with Crippen LogP contribution >= 0.6 is 12.4 Å². The van der Waals surface area contributed by atoms with Gasteiger partial charge in [-0.3, -0.25) is 0 Å². The number of halogens is 1. The van der Waals surface area contributed by atoms with E-state index in [9.17, 15) is 0 Å². The van der Waals surface area contributed by atoms with Crippen molar-refractivity contribution in [1.82, 2.24) is 0 Å². The molecule has 0 saturated carbocycles. The lowest BCUT2D eigenvalue weighted by molar-refractivity contribution is 1.44. The Kier molecular flexibility index (Phi) is 16.0. The second-order valence-corrected chi connectivity index (χ2v) is 2.37. The van der Waals surface area contributed by atoms with E-state index in [-0.39, 0.29) is 22.1 Å². The first-order valence-corrected chi connectivity index (χ1v) is 3.43. The first kappa shape index (κ1) is 9.08. The van der Waals surface area contributed by atoms with E-state index in [4.69, 9.17) is 5.40 Å². The van der Waals surface area contributed by atoms with Gasteiger partial charge in [-0.05, 0) is 0 Å². The molecule has 0 fully saturated rings. The van der Waals surface area contributed by atoms with Crippen LogP contribution in [0.1, 0.15) is 6.92 Å². The monoisotopic (exact) mass is 111 g/mol. The summed E-state index contributed by atoms with van der Waals surface area (Å²) in [5.74, 6) is 0. The minimum absolute atomic E-state index is 0. The van der Waals surface area contributed by atoms with Crippen LogP contribution in [0.15, 0.2) is 0 Å². The zero-order chi connectivity index (χ0) is 3.41. The Balaban J connectivity index is 0. The summed E-state index contributed by atoms with van der Waals surface area (Å²) in [4.78, 5) is 0. The molecule has 0 bridgehead atoms. The third kappa shape index (κ3) is 12.6. The molecule has 2 N–H and O–H groups in total. The molecule has 0 spiro atoms. The fourth-order valence-corrected chi connectivity index (χ4v) is 0. The van der Waals surface area contributed by atoms with Gasteiger partial charge in [0, 0.05) is 0 Å². The molecule has 34 valence electrons. The van der Waals surface area contributed by atoms with Crippen molar-refractivity contribution in [3.63, 3.8) is 0 Å². The highest BCUT2D eigenvalue weighted by molar-refractivity contribution is 6.30. The fraction of sp³-hybridized carbons (Fsp3) is 1.00. The van der Waals surface area contributed by atoms with Gasteiger partial charge >= 0.3 is 0 Å². The molecule has 0 aliphatic heterocycles. The third-order valence-corrected chi connectivity index (χ3v) is 0.866. The number of hydrogen-bond acceptors (Lipinski definition) is 1. The van der Waals surface area contributed by atoms with Crippen molar-refractivity contribution in [3.05, 3.63) is 0 Å². The van der Waals surface area contributed by atoms with Crippen LogP contribution in [0.5, 0.6) is 0 Å². The Morgan fingerprint density at radius 1 is 1.80 bits per heavy atom. The molecule has 0 aliphatic carbocycles. The van der Waals surface area contributed by atoms with Crippen LogP contribution in [-0.4, -0.2) is 9.68 Å². The Morgan fingerprint density at radius 2 is 2.00 bits per heavy atom. The highest BCUT2D eigenvalue weighted by Crippen LogP contribution is 1.56. The van der Waals surface area contributed by atoms with Gasteiger partial charge < -0.3 is 5.40 Å². The number of rotatable bonds is 1. The summed E-state index contributed by atoms with van der Waals surface area (Å²) in [6, 6.07) is 1.24. The zero-order valence-electron chi connectivity index (χ0n) is 3.40. The normalized spacial score (nSPS) is 8.40. The molecule has 0 aliphatic rings. The lowest BCUT2D eigenvalue weighted by Gasteiger charge is -1.67. The van der Waals surface area contributed by atoms with Gasteiger partial charge in [-0.25, -0.2) is 0 Å². The van der Waals surface area contributed by atoms with Crippen molar-refractivity contribution in [2.24, 2.45) is 5.40 Å². The van der Waals surface area contributed by atoms with E-state index in [0.29, 0.717) is 0 Å². The topological polar surface area (TPSA) is 26.0 Å². The van der Waals surface area contributed by atoms with Crippen LogP contribution in [0, 0.1) is 0 Å². The molecule has 0 amide bonds. The minimum Gasteiger partial charge on any atom is -0.356 e. The molecule has 0 saturated heterocycles. The van der Waals surface area contributed by atoms with Gasteiger partial charge in [-0.1, -0.05) is 13.0 Å². The predicted octanol–water partition coefficient (Wildman–Crippen LogP) is -0.111. The SMILES string of the molecule is CC[SiH2]N.Cl. The van der Waals surface area contributed by atoms with Crippen molar-refractivity contribution >= 4 is 22.1 Å². The van der Waals surface area contributed by atoms with E-state index in [1.165, 1.54) is 6.04 Å². The summed E-state index contributed by atoms with van der Waals surface area (Å²) in [6.45, 7) is 2.12. The Hall–Kier alpha value is 0.467. The average molecular weight is 112 g/mol. The van der Waals surface area contributed by atoms with Gasteiger partial charge in [0.2, 0.25) is 0 Å². The quantitative estimate of drug-likeness (QED) is 0.470. The maximum Gasteiger partial charge on any atom is 0.0885 e. The van der Waals surface area contributed by atoms with Gasteiger partial charge in [-0.2, -0.15) is 0 Å². The van der Waals surface area contributed by atoms with Crippen LogP contribution in [-0.2, 0) is 0 Å². The first-order valence-electron chi connectivity index (χ1n) is 1.62. The largest absolute Gasteiger partial charge is 0.356 e. The molecule has 0 aromatic carbocycles. The van der Waals surface area contributed by atoms with E-state index in [0.717, 1.165) is 0 Å². The maximum absolute atomic E-state index is 5.17. The smallest absolute Gasteiger partial charge is 0.0885 e.